The summed E-state index contributed by atoms with van der Waals surface area (Å²) in [5, 5.41) is 19.7. The van der Waals surface area contributed by atoms with Gasteiger partial charge in [-0.1, -0.05) is 87.6 Å². The number of rotatable bonds is 10. The van der Waals surface area contributed by atoms with Gasteiger partial charge in [0.25, 0.3) is 0 Å². The SMILES string of the molecule is CCCCCCCCc1ccc(C2CCC(c3ccc(O)cc3)(c3ccc(O)cc3)CC2)cc1. The van der Waals surface area contributed by atoms with Crippen molar-refractivity contribution in [3.8, 4) is 11.5 Å². The smallest absolute Gasteiger partial charge is 0.115 e. The van der Waals surface area contributed by atoms with E-state index >= 15 is 0 Å². The maximum atomic E-state index is 9.83. The fourth-order valence-electron chi connectivity index (χ4n) is 5.81. The standard InChI is InChI=1S/C32H40O2/c1-2-3-4-5-6-7-8-25-9-11-26(12-10-25)27-21-23-32(24-22-27,28-13-17-30(33)18-14-28)29-15-19-31(34)20-16-29/h9-20,27,33-34H,2-8,21-24H2,1H3. The van der Waals surface area contributed by atoms with Crippen LogP contribution in [0.15, 0.2) is 72.8 Å². The molecule has 3 aromatic rings. The number of phenols is 2. The van der Waals surface area contributed by atoms with E-state index in [9.17, 15) is 10.2 Å². The monoisotopic (exact) mass is 456 g/mol. The topological polar surface area (TPSA) is 40.5 Å². The quantitative estimate of drug-likeness (QED) is 0.300. The van der Waals surface area contributed by atoms with Crippen molar-refractivity contribution in [3.63, 3.8) is 0 Å². The highest BCUT2D eigenvalue weighted by Crippen LogP contribution is 2.49. The van der Waals surface area contributed by atoms with Crippen molar-refractivity contribution >= 4 is 0 Å². The Morgan fingerprint density at radius 1 is 0.647 bits per heavy atom. The third-order valence-corrected chi connectivity index (χ3v) is 7.95. The van der Waals surface area contributed by atoms with Crippen molar-refractivity contribution in [2.24, 2.45) is 0 Å². The van der Waals surface area contributed by atoms with Crippen LogP contribution >= 0.6 is 0 Å². The minimum atomic E-state index is -0.0738. The van der Waals surface area contributed by atoms with Gasteiger partial charge in [0.1, 0.15) is 11.5 Å². The number of benzene rings is 3. The van der Waals surface area contributed by atoms with Crippen LogP contribution in [0, 0.1) is 0 Å². The van der Waals surface area contributed by atoms with Gasteiger partial charge in [-0.15, -0.1) is 0 Å². The van der Waals surface area contributed by atoms with Crippen molar-refractivity contribution in [2.75, 3.05) is 0 Å². The minimum Gasteiger partial charge on any atom is -0.508 e. The van der Waals surface area contributed by atoms with Crippen LogP contribution in [-0.2, 0) is 11.8 Å². The average Bonchev–Trinajstić information content (AvgIpc) is 2.87. The van der Waals surface area contributed by atoms with Crippen LogP contribution in [0.2, 0.25) is 0 Å². The fourth-order valence-corrected chi connectivity index (χ4v) is 5.81. The van der Waals surface area contributed by atoms with Gasteiger partial charge in [0.15, 0.2) is 0 Å². The Balaban J connectivity index is 1.41. The summed E-state index contributed by atoms with van der Waals surface area (Å²) in [5.74, 6) is 1.20. The highest BCUT2D eigenvalue weighted by atomic mass is 16.3. The lowest BCUT2D eigenvalue weighted by Gasteiger charge is -2.41. The molecule has 2 nitrogen and oxygen atoms in total. The molecule has 34 heavy (non-hydrogen) atoms. The molecule has 0 bridgehead atoms. The number of aryl methyl sites for hydroxylation is 1. The molecule has 3 aromatic carbocycles. The van der Waals surface area contributed by atoms with Crippen LogP contribution in [0.3, 0.4) is 0 Å². The Bertz CT molecular complexity index is 947. The maximum Gasteiger partial charge on any atom is 0.115 e. The van der Waals surface area contributed by atoms with Crippen molar-refractivity contribution in [1.82, 2.24) is 0 Å². The summed E-state index contributed by atoms with van der Waals surface area (Å²) in [6.07, 6.45) is 13.7. The van der Waals surface area contributed by atoms with Crippen LogP contribution in [0.5, 0.6) is 11.5 Å². The van der Waals surface area contributed by atoms with Gasteiger partial charge < -0.3 is 10.2 Å². The van der Waals surface area contributed by atoms with E-state index in [0.717, 1.165) is 25.7 Å². The van der Waals surface area contributed by atoms with Crippen LogP contribution in [0.25, 0.3) is 0 Å². The largest absolute Gasteiger partial charge is 0.508 e. The molecule has 0 aliphatic heterocycles. The normalized spacial score (nSPS) is 15.9. The fraction of sp³-hybridized carbons (Fsp3) is 0.438. The van der Waals surface area contributed by atoms with Crippen LogP contribution in [-0.4, -0.2) is 10.2 Å². The van der Waals surface area contributed by atoms with Gasteiger partial charge in [0.05, 0.1) is 0 Å². The number of phenolic OH excluding ortho intramolecular Hbond substituents is 2. The molecule has 0 atom stereocenters. The van der Waals surface area contributed by atoms with E-state index in [-0.39, 0.29) is 5.41 Å². The highest BCUT2D eigenvalue weighted by Gasteiger charge is 2.38. The second-order valence-corrected chi connectivity index (χ2v) is 10.2. The van der Waals surface area contributed by atoms with E-state index in [4.69, 9.17) is 0 Å². The maximum absolute atomic E-state index is 9.83. The molecular weight excluding hydrogens is 416 g/mol. The summed E-state index contributed by atoms with van der Waals surface area (Å²) in [5.41, 5.74) is 5.37. The van der Waals surface area contributed by atoms with E-state index in [1.165, 1.54) is 67.2 Å². The van der Waals surface area contributed by atoms with Crippen LogP contribution < -0.4 is 0 Å². The predicted molar refractivity (Wildman–Crippen MR) is 142 cm³/mol. The Morgan fingerprint density at radius 2 is 1.15 bits per heavy atom. The lowest BCUT2D eigenvalue weighted by atomic mass is 9.62. The van der Waals surface area contributed by atoms with Gasteiger partial charge >= 0.3 is 0 Å². The highest BCUT2D eigenvalue weighted by molar-refractivity contribution is 5.44. The van der Waals surface area contributed by atoms with E-state index < -0.39 is 0 Å². The van der Waals surface area contributed by atoms with Gasteiger partial charge in [-0.05, 0) is 91.0 Å². The Hall–Kier alpha value is -2.74. The summed E-state index contributed by atoms with van der Waals surface area (Å²) >= 11 is 0. The molecule has 2 N–H and O–H groups in total. The lowest BCUT2D eigenvalue weighted by molar-refractivity contribution is 0.314. The number of aromatic hydroxyl groups is 2. The molecule has 0 spiro atoms. The van der Waals surface area contributed by atoms with Gasteiger partial charge in [-0.2, -0.15) is 0 Å². The molecule has 180 valence electrons. The summed E-state index contributed by atoms with van der Waals surface area (Å²) in [6.45, 7) is 2.27. The van der Waals surface area contributed by atoms with Crippen LogP contribution in [0.1, 0.15) is 99.3 Å². The zero-order valence-corrected chi connectivity index (χ0v) is 20.7. The molecule has 0 heterocycles. The minimum absolute atomic E-state index is 0.0738. The molecule has 0 saturated heterocycles. The average molecular weight is 457 g/mol. The number of unbranched alkanes of at least 4 members (excludes halogenated alkanes) is 5. The summed E-state index contributed by atoms with van der Waals surface area (Å²) < 4.78 is 0. The third-order valence-electron chi connectivity index (χ3n) is 7.95. The van der Waals surface area contributed by atoms with Crippen molar-refractivity contribution in [1.29, 1.82) is 0 Å². The molecule has 0 aromatic heterocycles. The second-order valence-electron chi connectivity index (χ2n) is 10.2. The summed E-state index contributed by atoms with van der Waals surface area (Å²) in [7, 11) is 0. The first-order chi connectivity index (χ1) is 16.6. The first-order valence-electron chi connectivity index (χ1n) is 13.3. The Labute approximate surface area is 205 Å². The van der Waals surface area contributed by atoms with E-state index in [1.54, 1.807) is 24.3 Å². The van der Waals surface area contributed by atoms with Crippen molar-refractivity contribution < 1.29 is 10.2 Å². The molecule has 1 aliphatic rings. The van der Waals surface area contributed by atoms with Gasteiger partial charge in [0.2, 0.25) is 0 Å². The molecule has 4 rings (SSSR count). The van der Waals surface area contributed by atoms with E-state index in [0.29, 0.717) is 17.4 Å². The number of hydrogen-bond acceptors (Lipinski definition) is 2. The predicted octanol–water partition coefficient (Wildman–Crippen LogP) is 8.64. The van der Waals surface area contributed by atoms with Crippen molar-refractivity contribution in [3.05, 3.63) is 95.1 Å². The molecule has 1 fully saturated rings. The van der Waals surface area contributed by atoms with E-state index in [1.807, 2.05) is 0 Å². The number of hydrogen-bond donors (Lipinski definition) is 2. The zero-order chi connectivity index (χ0) is 23.8. The summed E-state index contributed by atoms with van der Waals surface area (Å²) in [4.78, 5) is 0. The molecule has 0 radical (unpaired) electrons. The zero-order valence-electron chi connectivity index (χ0n) is 20.7. The molecule has 1 saturated carbocycles. The Kier molecular flexibility index (Phi) is 8.32. The summed E-state index contributed by atoms with van der Waals surface area (Å²) in [6, 6.07) is 24.9. The molecule has 0 unspecified atom stereocenters. The molecular formula is C32H40O2. The molecule has 0 amide bonds. The van der Waals surface area contributed by atoms with Gasteiger partial charge in [-0.3, -0.25) is 0 Å². The third kappa shape index (κ3) is 5.84. The van der Waals surface area contributed by atoms with Crippen molar-refractivity contribution in [2.45, 2.75) is 88.9 Å². The molecule has 2 heteroatoms. The first-order valence-corrected chi connectivity index (χ1v) is 13.3. The Morgan fingerprint density at radius 3 is 1.68 bits per heavy atom. The van der Waals surface area contributed by atoms with Gasteiger partial charge in [0, 0.05) is 5.41 Å². The van der Waals surface area contributed by atoms with Gasteiger partial charge in [-0.25, -0.2) is 0 Å². The van der Waals surface area contributed by atoms with E-state index in [2.05, 4.69) is 55.5 Å². The van der Waals surface area contributed by atoms with Crippen LogP contribution in [0.4, 0.5) is 0 Å². The molecule has 1 aliphatic carbocycles. The lowest BCUT2D eigenvalue weighted by Crippen LogP contribution is -2.32. The second kappa shape index (κ2) is 11.6. The first kappa shape index (κ1) is 24.4.